The Kier molecular flexibility index (Phi) is 7.11. The van der Waals surface area contributed by atoms with Crippen molar-refractivity contribution in [1.29, 1.82) is 0 Å². The molecule has 0 aliphatic carbocycles. The molecule has 0 saturated carbocycles. The zero-order valence-electron chi connectivity index (χ0n) is 8.19. The lowest BCUT2D eigenvalue weighted by Crippen LogP contribution is -1.80. The number of oxime groups is 1. The molecule has 0 aliphatic heterocycles. The highest BCUT2D eigenvalue weighted by molar-refractivity contribution is 7.75. The van der Waals surface area contributed by atoms with Crippen LogP contribution >= 0.6 is 12.9 Å². The van der Waals surface area contributed by atoms with Crippen molar-refractivity contribution in [2.45, 2.75) is 20.8 Å². The molecule has 0 aliphatic rings. The summed E-state index contributed by atoms with van der Waals surface area (Å²) in [7, 11) is 0. The highest BCUT2D eigenvalue weighted by atomic mass is 32.1. The minimum absolute atomic E-state index is 1.00. The first kappa shape index (κ1) is 12.0. The molecular formula is C10H15NOS. The minimum atomic E-state index is 1.00. The minimum Gasteiger partial charge on any atom is -0.326 e. The van der Waals surface area contributed by atoms with Crippen LogP contribution in [0.2, 0.25) is 0 Å². The van der Waals surface area contributed by atoms with E-state index in [4.69, 9.17) is 0 Å². The first-order chi connectivity index (χ1) is 6.33. The van der Waals surface area contributed by atoms with E-state index in [1.165, 1.54) is 5.56 Å². The van der Waals surface area contributed by atoms with Crippen molar-refractivity contribution in [2.24, 2.45) is 5.16 Å². The second-order valence-electron chi connectivity index (χ2n) is 2.23. The molecule has 1 aromatic carbocycles. The van der Waals surface area contributed by atoms with E-state index in [9.17, 15) is 0 Å². The van der Waals surface area contributed by atoms with Crippen molar-refractivity contribution in [2.75, 3.05) is 0 Å². The third-order valence-corrected chi connectivity index (χ3v) is 1.42. The third-order valence-electron chi connectivity index (χ3n) is 1.33. The van der Waals surface area contributed by atoms with Crippen LogP contribution in [0.3, 0.4) is 0 Å². The average Bonchev–Trinajstić information content (AvgIpc) is 2.20. The molecule has 0 bridgehead atoms. The molecule has 13 heavy (non-hydrogen) atoms. The van der Waals surface area contributed by atoms with E-state index in [2.05, 4.69) is 22.3 Å². The van der Waals surface area contributed by atoms with Gasteiger partial charge in [0.1, 0.15) is 0 Å². The van der Waals surface area contributed by atoms with Gasteiger partial charge in [-0.15, -0.1) is 0 Å². The number of hydrogen-bond acceptors (Lipinski definition) is 3. The summed E-state index contributed by atoms with van der Waals surface area (Å²) >= 11 is 3.47. The molecule has 0 heterocycles. The number of hydrogen-bond donors (Lipinski definition) is 1. The number of rotatable bonds is 2. The number of aryl methyl sites for hydroxylation is 1. The van der Waals surface area contributed by atoms with E-state index < -0.39 is 0 Å². The predicted octanol–water partition coefficient (Wildman–Crippen LogP) is 3.22. The summed E-state index contributed by atoms with van der Waals surface area (Å²) in [6.07, 6.45) is 1.60. The van der Waals surface area contributed by atoms with Crippen LogP contribution in [0.15, 0.2) is 29.4 Å². The Hall–Kier alpha value is -0.960. The maximum absolute atomic E-state index is 4.24. The van der Waals surface area contributed by atoms with E-state index >= 15 is 0 Å². The Balaban J connectivity index is 0.000000671. The van der Waals surface area contributed by atoms with Gasteiger partial charge in [0, 0.05) is 0 Å². The molecule has 0 N–H and O–H groups in total. The molecule has 1 rings (SSSR count). The predicted molar refractivity (Wildman–Crippen MR) is 60.2 cm³/mol. The van der Waals surface area contributed by atoms with Gasteiger partial charge < -0.3 is 4.28 Å². The molecule has 1 aromatic rings. The van der Waals surface area contributed by atoms with Gasteiger partial charge in [0.05, 0.1) is 19.1 Å². The second-order valence-corrected chi connectivity index (χ2v) is 2.39. The molecular weight excluding hydrogens is 182 g/mol. The molecule has 72 valence electrons. The lowest BCUT2D eigenvalue weighted by molar-refractivity contribution is 0.417. The second kappa shape index (κ2) is 7.68. The normalized spacial score (nSPS) is 9.23. The van der Waals surface area contributed by atoms with Gasteiger partial charge in [-0.05, 0) is 12.5 Å². The fourth-order valence-electron chi connectivity index (χ4n) is 0.737. The van der Waals surface area contributed by atoms with Crippen LogP contribution in [0.4, 0.5) is 0 Å². The summed E-state index contributed by atoms with van der Waals surface area (Å²) in [4.78, 5) is 0. The number of thiol groups is 1. The lowest BCUT2D eigenvalue weighted by atomic mass is 10.2. The summed E-state index contributed by atoms with van der Waals surface area (Å²) in [5.41, 5.74) is 2.23. The summed E-state index contributed by atoms with van der Waals surface area (Å²) < 4.78 is 4.24. The Labute approximate surface area is 85.2 Å². The summed E-state index contributed by atoms with van der Waals surface area (Å²) in [5, 5.41) is 3.51. The summed E-state index contributed by atoms with van der Waals surface area (Å²) in [5.74, 6) is 0. The van der Waals surface area contributed by atoms with E-state index in [-0.39, 0.29) is 0 Å². The Morgan fingerprint density at radius 2 is 1.77 bits per heavy atom. The number of benzene rings is 1. The monoisotopic (exact) mass is 197 g/mol. The van der Waals surface area contributed by atoms with Gasteiger partial charge in [-0.25, -0.2) is 0 Å². The van der Waals surface area contributed by atoms with E-state index in [1.54, 1.807) is 6.21 Å². The van der Waals surface area contributed by atoms with Crippen LogP contribution in [-0.4, -0.2) is 6.21 Å². The molecule has 0 fully saturated rings. The van der Waals surface area contributed by atoms with Gasteiger partial charge in [0.15, 0.2) is 0 Å². The van der Waals surface area contributed by atoms with Crippen LogP contribution in [0, 0.1) is 6.92 Å². The van der Waals surface area contributed by atoms with Crippen LogP contribution in [0.5, 0.6) is 0 Å². The Morgan fingerprint density at radius 1 is 1.23 bits per heavy atom. The van der Waals surface area contributed by atoms with Crippen LogP contribution in [0.25, 0.3) is 0 Å². The molecule has 2 nitrogen and oxygen atoms in total. The Morgan fingerprint density at radius 3 is 2.23 bits per heavy atom. The first-order valence-corrected chi connectivity index (χ1v) is 4.60. The van der Waals surface area contributed by atoms with Crippen molar-refractivity contribution in [3.05, 3.63) is 35.4 Å². The standard InChI is InChI=1S/C8H9NOS.C2H6/c1-7-2-4-8(5-3-7)6-9-10-11;1-2/h2-6,11H,1H3;1-2H3/b9-6+;. The fraction of sp³-hybridized carbons (Fsp3) is 0.300. The molecule has 0 saturated heterocycles. The van der Waals surface area contributed by atoms with Crippen LogP contribution in [-0.2, 0) is 4.28 Å². The topological polar surface area (TPSA) is 21.6 Å². The van der Waals surface area contributed by atoms with Gasteiger partial charge in [0.25, 0.3) is 0 Å². The van der Waals surface area contributed by atoms with Crippen molar-refractivity contribution in [3.8, 4) is 0 Å². The fourth-order valence-corrected chi connectivity index (χ4v) is 0.784. The summed E-state index contributed by atoms with van der Waals surface area (Å²) in [6.45, 7) is 6.04. The quantitative estimate of drug-likeness (QED) is 0.334. The van der Waals surface area contributed by atoms with Crippen LogP contribution in [0.1, 0.15) is 25.0 Å². The maximum Gasteiger partial charge on any atom is 0.0750 e. The van der Waals surface area contributed by atoms with Crippen LogP contribution < -0.4 is 0 Å². The molecule has 0 spiro atoms. The highest BCUT2D eigenvalue weighted by Crippen LogP contribution is 2.00. The third kappa shape index (κ3) is 5.31. The van der Waals surface area contributed by atoms with Gasteiger partial charge in [-0.3, -0.25) is 0 Å². The van der Waals surface area contributed by atoms with Crippen molar-refractivity contribution in [1.82, 2.24) is 0 Å². The first-order valence-electron chi connectivity index (χ1n) is 4.23. The molecule has 3 heteroatoms. The van der Waals surface area contributed by atoms with Gasteiger partial charge in [-0.1, -0.05) is 48.8 Å². The zero-order chi connectivity index (χ0) is 10.1. The van der Waals surface area contributed by atoms with Gasteiger partial charge in [-0.2, -0.15) is 0 Å². The lowest BCUT2D eigenvalue weighted by Gasteiger charge is -1.92. The van der Waals surface area contributed by atoms with Crippen molar-refractivity contribution < 1.29 is 4.28 Å². The maximum atomic E-state index is 4.24. The van der Waals surface area contributed by atoms with Gasteiger partial charge in [0.2, 0.25) is 0 Å². The van der Waals surface area contributed by atoms with Gasteiger partial charge >= 0.3 is 0 Å². The number of nitrogens with zero attached hydrogens (tertiary/aromatic N) is 1. The zero-order valence-corrected chi connectivity index (χ0v) is 9.08. The molecule has 0 atom stereocenters. The smallest absolute Gasteiger partial charge is 0.0750 e. The SMILES string of the molecule is CC.Cc1ccc(/C=N/OS)cc1. The highest BCUT2D eigenvalue weighted by Gasteiger charge is 1.85. The molecule has 0 radical (unpaired) electrons. The Bertz CT molecular complexity index is 244. The van der Waals surface area contributed by atoms with E-state index in [0.717, 1.165) is 5.56 Å². The van der Waals surface area contributed by atoms with E-state index in [0.29, 0.717) is 0 Å². The largest absolute Gasteiger partial charge is 0.326 e. The molecule has 0 unspecified atom stereocenters. The van der Waals surface area contributed by atoms with E-state index in [1.807, 2.05) is 45.0 Å². The van der Waals surface area contributed by atoms with Crippen molar-refractivity contribution >= 4 is 19.1 Å². The van der Waals surface area contributed by atoms with Crippen molar-refractivity contribution in [3.63, 3.8) is 0 Å². The average molecular weight is 197 g/mol. The molecule has 0 aromatic heterocycles. The molecule has 0 amide bonds. The summed E-state index contributed by atoms with van der Waals surface area (Å²) in [6, 6.07) is 7.96.